The van der Waals surface area contributed by atoms with E-state index in [1.54, 1.807) is 0 Å². The van der Waals surface area contributed by atoms with E-state index in [1.807, 2.05) is 12.1 Å². The van der Waals surface area contributed by atoms with Crippen molar-refractivity contribution in [2.75, 3.05) is 13.2 Å². The van der Waals surface area contributed by atoms with Gasteiger partial charge in [-0.15, -0.1) is 0 Å². The summed E-state index contributed by atoms with van der Waals surface area (Å²) in [5.41, 5.74) is 2.65. The molecule has 5 nitrogen and oxygen atoms in total. The van der Waals surface area contributed by atoms with E-state index in [1.165, 1.54) is 0 Å². The molecule has 1 aromatic carbocycles. The van der Waals surface area contributed by atoms with Gasteiger partial charge in [0.1, 0.15) is 0 Å². The van der Waals surface area contributed by atoms with E-state index in [4.69, 9.17) is 4.74 Å². The van der Waals surface area contributed by atoms with Crippen molar-refractivity contribution in [1.82, 2.24) is 15.3 Å². The van der Waals surface area contributed by atoms with Crippen molar-refractivity contribution in [3.63, 3.8) is 0 Å². The van der Waals surface area contributed by atoms with Gasteiger partial charge in [-0.1, -0.05) is 22.9 Å². The average molecular weight is 354 g/mol. The third kappa shape index (κ3) is 3.22. The second-order valence-corrected chi connectivity index (χ2v) is 6.33. The highest BCUT2D eigenvalue weighted by atomic mass is 79.9. The number of aromatic amines is 2. The molecule has 21 heavy (non-hydrogen) atoms. The number of ether oxygens (including phenoxy) is 1. The molecule has 0 aliphatic carbocycles. The van der Waals surface area contributed by atoms with Crippen molar-refractivity contribution in [3.8, 4) is 0 Å². The number of halogens is 1. The minimum absolute atomic E-state index is 0.173. The molecule has 1 fully saturated rings. The predicted molar refractivity (Wildman–Crippen MR) is 86.6 cm³/mol. The normalized spacial score (nSPS) is 20.2. The highest BCUT2D eigenvalue weighted by Crippen LogP contribution is 2.32. The predicted octanol–water partition coefficient (Wildman–Crippen LogP) is 2.84. The van der Waals surface area contributed by atoms with Crippen LogP contribution in [0.1, 0.15) is 37.8 Å². The summed E-state index contributed by atoms with van der Waals surface area (Å²) in [4.78, 5) is 17.0. The zero-order valence-corrected chi connectivity index (χ0v) is 13.6. The summed E-state index contributed by atoms with van der Waals surface area (Å²) in [6.45, 7) is 3.87. The summed E-state index contributed by atoms with van der Waals surface area (Å²) >= 11 is 3.63. The highest BCUT2D eigenvalue weighted by Gasteiger charge is 2.23. The smallest absolute Gasteiger partial charge is 0.323 e. The molecule has 0 amide bonds. The summed E-state index contributed by atoms with van der Waals surface area (Å²) < 4.78 is 6.77. The van der Waals surface area contributed by atoms with Gasteiger partial charge < -0.3 is 20.0 Å². The maximum atomic E-state index is 11.4. The maximum Gasteiger partial charge on any atom is 0.323 e. The van der Waals surface area contributed by atoms with Gasteiger partial charge in [-0.05, 0) is 43.5 Å². The molecular weight excluding hydrogens is 334 g/mol. The molecule has 1 aromatic heterocycles. The topological polar surface area (TPSA) is 69.9 Å². The van der Waals surface area contributed by atoms with Crippen LogP contribution >= 0.6 is 15.9 Å². The van der Waals surface area contributed by atoms with Crippen LogP contribution in [0.2, 0.25) is 0 Å². The maximum absolute atomic E-state index is 11.4. The zero-order chi connectivity index (χ0) is 14.8. The van der Waals surface area contributed by atoms with Crippen LogP contribution in [0.25, 0.3) is 11.0 Å². The number of imidazole rings is 1. The van der Waals surface area contributed by atoms with Crippen molar-refractivity contribution in [1.29, 1.82) is 0 Å². The number of aromatic nitrogens is 2. The largest absolute Gasteiger partial charge is 0.378 e. The lowest BCUT2D eigenvalue weighted by Crippen LogP contribution is -2.25. The standard InChI is InChI=1S/C15H20BrN3O2/c1-2-17-12(6-9-4-3-5-21-9)10-7-13-14(8-11(10)16)19-15(20)18-13/h7-9,12,17H,2-6H2,1H3,(H2,18,19,20). The first-order valence-electron chi connectivity index (χ1n) is 7.43. The molecule has 2 heterocycles. The minimum Gasteiger partial charge on any atom is -0.378 e. The van der Waals surface area contributed by atoms with Crippen LogP contribution in [-0.4, -0.2) is 29.2 Å². The Kier molecular flexibility index (Phi) is 4.47. The van der Waals surface area contributed by atoms with Crippen LogP contribution in [-0.2, 0) is 4.74 Å². The molecule has 2 aromatic rings. The molecule has 1 saturated heterocycles. The van der Waals surface area contributed by atoms with Crippen LogP contribution in [0.3, 0.4) is 0 Å². The summed E-state index contributed by atoms with van der Waals surface area (Å²) in [5, 5.41) is 3.53. The van der Waals surface area contributed by atoms with Crippen molar-refractivity contribution >= 4 is 27.0 Å². The monoisotopic (exact) mass is 353 g/mol. The number of fused-ring (bicyclic) bond motifs is 1. The Morgan fingerprint density at radius 2 is 2.19 bits per heavy atom. The van der Waals surface area contributed by atoms with Crippen molar-refractivity contribution in [3.05, 3.63) is 32.7 Å². The van der Waals surface area contributed by atoms with Gasteiger partial charge >= 0.3 is 5.69 Å². The molecule has 3 N–H and O–H groups in total. The Morgan fingerprint density at radius 1 is 1.43 bits per heavy atom. The van der Waals surface area contributed by atoms with Gasteiger partial charge in [0.25, 0.3) is 0 Å². The number of rotatable bonds is 5. The molecule has 1 aliphatic heterocycles. The molecule has 0 saturated carbocycles. The van der Waals surface area contributed by atoms with Gasteiger partial charge in [0.2, 0.25) is 0 Å². The molecule has 2 atom stereocenters. The number of H-pyrrole nitrogens is 2. The number of nitrogens with one attached hydrogen (secondary N) is 3. The molecule has 2 unspecified atom stereocenters. The van der Waals surface area contributed by atoms with Crippen LogP contribution in [0.5, 0.6) is 0 Å². The molecule has 0 bridgehead atoms. The number of benzene rings is 1. The third-order valence-electron chi connectivity index (χ3n) is 3.98. The van der Waals surface area contributed by atoms with E-state index >= 15 is 0 Å². The number of hydrogen-bond donors (Lipinski definition) is 3. The van der Waals surface area contributed by atoms with Crippen molar-refractivity contribution in [2.24, 2.45) is 0 Å². The Balaban J connectivity index is 1.92. The first kappa shape index (κ1) is 14.8. The second-order valence-electron chi connectivity index (χ2n) is 5.48. The fourth-order valence-corrected chi connectivity index (χ4v) is 3.62. The van der Waals surface area contributed by atoms with Crippen molar-refractivity contribution < 1.29 is 4.74 Å². The highest BCUT2D eigenvalue weighted by molar-refractivity contribution is 9.10. The van der Waals surface area contributed by atoms with Gasteiger partial charge in [0.05, 0.1) is 17.1 Å². The van der Waals surface area contributed by atoms with Gasteiger partial charge in [-0.2, -0.15) is 0 Å². The van der Waals surface area contributed by atoms with Gasteiger partial charge in [0, 0.05) is 17.1 Å². The van der Waals surface area contributed by atoms with Gasteiger partial charge in [-0.25, -0.2) is 4.79 Å². The van der Waals surface area contributed by atoms with Gasteiger partial charge in [0.15, 0.2) is 0 Å². The van der Waals surface area contributed by atoms with E-state index in [0.29, 0.717) is 6.10 Å². The third-order valence-corrected chi connectivity index (χ3v) is 4.67. The quantitative estimate of drug-likeness (QED) is 0.773. The fraction of sp³-hybridized carbons (Fsp3) is 0.533. The average Bonchev–Trinajstić information content (AvgIpc) is 3.05. The Labute approximate surface area is 131 Å². The molecule has 0 radical (unpaired) electrons. The van der Waals surface area contributed by atoms with E-state index in [-0.39, 0.29) is 11.7 Å². The van der Waals surface area contributed by atoms with E-state index in [0.717, 1.165) is 53.5 Å². The van der Waals surface area contributed by atoms with Crippen LogP contribution in [0.15, 0.2) is 21.4 Å². The zero-order valence-electron chi connectivity index (χ0n) is 12.0. The summed E-state index contributed by atoms with van der Waals surface area (Å²) in [6.07, 6.45) is 3.55. The van der Waals surface area contributed by atoms with Crippen LogP contribution in [0, 0.1) is 0 Å². The second kappa shape index (κ2) is 6.34. The van der Waals surface area contributed by atoms with Crippen LogP contribution in [0.4, 0.5) is 0 Å². The lowest BCUT2D eigenvalue weighted by molar-refractivity contribution is 0.0947. The van der Waals surface area contributed by atoms with Crippen LogP contribution < -0.4 is 11.0 Å². The molecule has 3 rings (SSSR count). The minimum atomic E-state index is -0.173. The summed E-state index contributed by atoms with van der Waals surface area (Å²) in [7, 11) is 0. The summed E-state index contributed by atoms with van der Waals surface area (Å²) in [6, 6.07) is 4.22. The Bertz CT molecular complexity index is 673. The van der Waals surface area contributed by atoms with Crippen molar-refractivity contribution in [2.45, 2.75) is 38.3 Å². The van der Waals surface area contributed by atoms with E-state index in [2.05, 4.69) is 38.1 Å². The van der Waals surface area contributed by atoms with E-state index < -0.39 is 0 Å². The number of hydrogen-bond acceptors (Lipinski definition) is 3. The Hall–Kier alpha value is -1.11. The van der Waals surface area contributed by atoms with Gasteiger partial charge in [-0.3, -0.25) is 0 Å². The molecule has 6 heteroatoms. The molecule has 0 spiro atoms. The van der Waals surface area contributed by atoms with E-state index in [9.17, 15) is 4.79 Å². The fourth-order valence-electron chi connectivity index (χ4n) is 3.00. The molecule has 1 aliphatic rings. The summed E-state index contributed by atoms with van der Waals surface area (Å²) in [5.74, 6) is 0. The molecule has 114 valence electrons. The Morgan fingerprint density at radius 3 is 2.86 bits per heavy atom. The molecular formula is C15H20BrN3O2. The lowest BCUT2D eigenvalue weighted by Gasteiger charge is -2.22. The first-order valence-corrected chi connectivity index (χ1v) is 8.23. The first-order chi connectivity index (χ1) is 10.2. The SMILES string of the molecule is CCNC(CC1CCCO1)c1cc2[nH]c(=O)[nH]c2cc1Br. The lowest BCUT2D eigenvalue weighted by atomic mass is 9.98.